The van der Waals surface area contributed by atoms with E-state index in [1.54, 1.807) is 0 Å². The molecule has 0 spiro atoms. The second-order valence-electron chi connectivity index (χ2n) is 5.70. The molecule has 0 amide bonds. The molecule has 2 nitrogen and oxygen atoms in total. The van der Waals surface area contributed by atoms with Crippen molar-refractivity contribution in [1.82, 2.24) is 5.32 Å². The lowest BCUT2D eigenvalue weighted by Gasteiger charge is -2.11. The standard InChI is InChI=1S/C16H26BrNO/c1-12(2)7-8-19-11-15-6-5-14(9-16(15)17)10-18-13(3)4/h5-6,9,12-13,18H,7-8,10-11H2,1-4H3. The van der Waals surface area contributed by atoms with Crippen LogP contribution in [-0.2, 0) is 17.9 Å². The first kappa shape index (κ1) is 16.7. The van der Waals surface area contributed by atoms with Crippen molar-refractivity contribution in [2.75, 3.05) is 6.61 Å². The van der Waals surface area contributed by atoms with Crippen LogP contribution in [0.1, 0.15) is 45.2 Å². The summed E-state index contributed by atoms with van der Waals surface area (Å²) in [5.41, 5.74) is 2.52. The SMILES string of the molecule is CC(C)CCOCc1ccc(CNC(C)C)cc1Br. The van der Waals surface area contributed by atoms with Gasteiger partial charge >= 0.3 is 0 Å². The Hall–Kier alpha value is -0.380. The molecular weight excluding hydrogens is 302 g/mol. The summed E-state index contributed by atoms with van der Waals surface area (Å²) in [6.07, 6.45) is 1.12. The van der Waals surface area contributed by atoms with Gasteiger partial charge in [0, 0.05) is 23.7 Å². The first-order chi connectivity index (χ1) is 8.99. The van der Waals surface area contributed by atoms with Gasteiger partial charge in [0.25, 0.3) is 0 Å². The Morgan fingerprint density at radius 3 is 2.53 bits per heavy atom. The summed E-state index contributed by atoms with van der Waals surface area (Å²) in [6.45, 7) is 11.2. The summed E-state index contributed by atoms with van der Waals surface area (Å²) in [5, 5.41) is 3.42. The van der Waals surface area contributed by atoms with Gasteiger partial charge in [0.15, 0.2) is 0 Å². The van der Waals surface area contributed by atoms with E-state index in [4.69, 9.17) is 4.74 Å². The van der Waals surface area contributed by atoms with Gasteiger partial charge in [0.05, 0.1) is 6.61 Å². The van der Waals surface area contributed by atoms with Crippen molar-refractivity contribution in [2.24, 2.45) is 5.92 Å². The van der Waals surface area contributed by atoms with E-state index in [0.29, 0.717) is 18.6 Å². The van der Waals surface area contributed by atoms with Gasteiger partial charge in [-0.15, -0.1) is 0 Å². The molecule has 1 N–H and O–H groups in total. The average Bonchev–Trinajstić information content (AvgIpc) is 2.33. The minimum absolute atomic E-state index is 0.512. The van der Waals surface area contributed by atoms with Crippen LogP contribution in [0.2, 0.25) is 0 Å². The van der Waals surface area contributed by atoms with Crippen molar-refractivity contribution < 1.29 is 4.74 Å². The Balaban J connectivity index is 2.43. The number of ether oxygens (including phenoxy) is 1. The molecule has 0 unspecified atom stereocenters. The minimum atomic E-state index is 0.512. The summed E-state index contributed by atoms with van der Waals surface area (Å²) in [7, 11) is 0. The van der Waals surface area contributed by atoms with Crippen molar-refractivity contribution >= 4 is 15.9 Å². The van der Waals surface area contributed by atoms with Gasteiger partial charge in [0.1, 0.15) is 0 Å². The fourth-order valence-electron chi connectivity index (χ4n) is 1.64. The van der Waals surface area contributed by atoms with Crippen LogP contribution in [0.15, 0.2) is 22.7 Å². The Kier molecular flexibility index (Phi) is 7.66. The summed E-state index contributed by atoms with van der Waals surface area (Å²) < 4.78 is 6.84. The van der Waals surface area contributed by atoms with Crippen LogP contribution in [0.25, 0.3) is 0 Å². The number of hydrogen-bond acceptors (Lipinski definition) is 2. The molecule has 0 saturated carbocycles. The van der Waals surface area contributed by atoms with Crippen molar-refractivity contribution in [3.05, 3.63) is 33.8 Å². The number of benzene rings is 1. The third kappa shape index (κ3) is 7.09. The van der Waals surface area contributed by atoms with Gasteiger partial charge in [-0.1, -0.05) is 55.8 Å². The highest BCUT2D eigenvalue weighted by atomic mass is 79.9. The normalized spacial score (nSPS) is 11.5. The summed E-state index contributed by atoms with van der Waals surface area (Å²) in [4.78, 5) is 0. The fourth-order valence-corrected chi connectivity index (χ4v) is 2.18. The lowest BCUT2D eigenvalue weighted by molar-refractivity contribution is 0.110. The van der Waals surface area contributed by atoms with Crippen molar-refractivity contribution in [2.45, 2.75) is 53.3 Å². The topological polar surface area (TPSA) is 21.3 Å². The molecule has 0 heterocycles. The molecule has 0 saturated heterocycles. The summed E-state index contributed by atoms with van der Waals surface area (Å²) in [5.74, 6) is 0.702. The molecule has 3 heteroatoms. The molecule has 0 aliphatic carbocycles. The van der Waals surface area contributed by atoms with E-state index >= 15 is 0 Å². The number of hydrogen-bond donors (Lipinski definition) is 1. The first-order valence-electron chi connectivity index (χ1n) is 7.07. The second kappa shape index (κ2) is 8.72. The Morgan fingerprint density at radius 2 is 1.95 bits per heavy atom. The number of halogens is 1. The molecule has 0 radical (unpaired) electrons. The van der Waals surface area contributed by atoms with Crippen molar-refractivity contribution in [3.8, 4) is 0 Å². The van der Waals surface area contributed by atoms with E-state index in [1.807, 2.05) is 0 Å². The van der Waals surface area contributed by atoms with E-state index in [0.717, 1.165) is 24.0 Å². The molecule has 0 aliphatic rings. The van der Waals surface area contributed by atoms with Crippen LogP contribution in [0.3, 0.4) is 0 Å². The monoisotopic (exact) mass is 327 g/mol. The fraction of sp³-hybridized carbons (Fsp3) is 0.625. The molecule has 1 rings (SSSR count). The van der Waals surface area contributed by atoms with E-state index in [1.165, 1.54) is 11.1 Å². The highest BCUT2D eigenvalue weighted by Gasteiger charge is 2.03. The largest absolute Gasteiger partial charge is 0.377 e. The molecule has 0 aromatic heterocycles. The van der Waals surface area contributed by atoms with Crippen LogP contribution < -0.4 is 5.32 Å². The number of nitrogens with one attached hydrogen (secondary N) is 1. The lowest BCUT2D eigenvalue weighted by Crippen LogP contribution is -2.21. The van der Waals surface area contributed by atoms with Gasteiger partial charge in [-0.25, -0.2) is 0 Å². The maximum Gasteiger partial charge on any atom is 0.0727 e. The highest BCUT2D eigenvalue weighted by Crippen LogP contribution is 2.20. The predicted molar refractivity (Wildman–Crippen MR) is 85.2 cm³/mol. The van der Waals surface area contributed by atoms with E-state index in [9.17, 15) is 0 Å². The van der Waals surface area contributed by atoms with Crippen LogP contribution in [0.4, 0.5) is 0 Å². The van der Waals surface area contributed by atoms with E-state index < -0.39 is 0 Å². The van der Waals surface area contributed by atoms with E-state index in [-0.39, 0.29) is 0 Å². The maximum absolute atomic E-state index is 5.70. The van der Waals surface area contributed by atoms with Crippen LogP contribution in [0, 0.1) is 5.92 Å². The molecule has 0 bridgehead atoms. The van der Waals surface area contributed by atoms with E-state index in [2.05, 4.69) is 67.1 Å². The first-order valence-corrected chi connectivity index (χ1v) is 7.86. The smallest absolute Gasteiger partial charge is 0.0727 e. The molecule has 19 heavy (non-hydrogen) atoms. The van der Waals surface area contributed by atoms with Crippen molar-refractivity contribution in [3.63, 3.8) is 0 Å². The van der Waals surface area contributed by atoms with Gasteiger partial charge in [-0.05, 0) is 29.5 Å². The zero-order valence-corrected chi connectivity index (χ0v) is 14.1. The van der Waals surface area contributed by atoms with Crippen LogP contribution >= 0.6 is 15.9 Å². The van der Waals surface area contributed by atoms with Gasteiger partial charge < -0.3 is 10.1 Å². The lowest BCUT2D eigenvalue weighted by atomic mass is 10.1. The minimum Gasteiger partial charge on any atom is -0.377 e. The zero-order chi connectivity index (χ0) is 14.3. The zero-order valence-electron chi connectivity index (χ0n) is 12.5. The van der Waals surface area contributed by atoms with Gasteiger partial charge in [-0.3, -0.25) is 0 Å². The summed E-state index contributed by atoms with van der Waals surface area (Å²) >= 11 is 3.63. The molecule has 108 valence electrons. The Bertz CT molecular complexity index is 377. The molecule has 0 fully saturated rings. The molecule has 1 aromatic rings. The van der Waals surface area contributed by atoms with Crippen LogP contribution in [-0.4, -0.2) is 12.6 Å². The van der Waals surface area contributed by atoms with Crippen molar-refractivity contribution in [1.29, 1.82) is 0 Å². The maximum atomic E-state index is 5.70. The third-order valence-electron chi connectivity index (χ3n) is 2.93. The predicted octanol–water partition coefficient (Wildman–Crippen LogP) is 4.51. The Labute approximate surface area is 126 Å². The Morgan fingerprint density at radius 1 is 1.21 bits per heavy atom. The molecule has 0 atom stereocenters. The molecular formula is C16H26BrNO. The summed E-state index contributed by atoms with van der Waals surface area (Å²) in [6, 6.07) is 7.01. The average molecular weight is 328 g/mol. The highest BCUT2D eigenvalue weighted by molar-refractivity contribution is 9.10. The van der Waals surface area contributed by atoms with Gasteiger partial charge in [0.2, 0.25) is 0 Å². The van der Waals surface area contributed by atoms with Gasteiger partial charge in [-0.2, -0.15) is 0 Å². The number of rotatable bonds is 8. The molecule has 0 aliphatic heterocycles. The third-order valence-corrected chi connectivity index (χ3v) is 3.67. The molecule has 1 aromatic carbocycles. The second-order valence-corrected chi connectivity index (χ2v) is 6.55. The van der Waals surface area contributed by atoms with Crippen LogP contribution in [0.5, 0.6) is 0 Å². The quantitative estimate of drug-likeness (QED) is 0.709.